The molecule has 0 amide bonds. The molecular formula is C40H61NO9Si. The highest BCUT2D eigenvalue weighted by atomic mass is 28.4. The lowest BCUT2D eigenvalue weighted by Gasteiger charge is -2.42. The van der Waals surface area contributed by atoms with E-state index in [2.05, 4.69) is 47.0 Å². The monoisotopic (exact) mass is 727 g/mol. The minimum Gasteiger partial charge on any atom is -0.496 e. The first-order chi connectivity index (χ1) is 23.6. The van der Waals surface area contributed by atoms with Crippen molar-refractivity contribution in [3.05, 3.63) is 89.1 Å². The quantitative estimate of drug-likeness (QED) is 0.0246. The Bertz CT molecular complexity index is 1450. The molecule has 284 valence electrons. The first-order valence-corrected chi connectivity index (χ1v) is 20.2. The van der Waals surface area contributed by atoms with Crippen LogP contribution in [0.4, 0.5) is 5.69 Å². The van der Waals surface area contributed by atoms with E-state index in [1.54, 1.807) is 42.5 Å². The first kappa shape index (κ1) is 45.2. The SMILES string of the molecule is C=C/C=C/C=C\C(CC(=O)Oc1c(CC/C=C(\C)C(O[Si](C)(C)C(C)(C)C)C(C)C(CC=C)OC(=O)C(C)(C)C)cc(OC)cc1[N+](=O)[O-])OC. The molecule has 1 rings (SSSR count). The third kappa shape index (κ3) is 14.4. The van der Waals surface area contributed by atoms with Crippen LogP contribution in [0.15, 0.2) is 73.4 Å². The van der Waals surface area contributed by atoms with Crippen molar-refractivity contribution >= 4 is 25.9 Å². The average Bonchev–Trinajstić information content (AvgIpc) is 3.03. The van der Waals surface area contributed by atoms with Crippen LogP contribution in [0.2, 0.25) is 18.1 Å². The maximum absolute atomic E-state index is 13.1. The number of nitrogens with zero attached hydrogens (tertiary/aromatic N) is 1. The van der Waals surface area contributed by atoms with Crippen LogP contribution in [-0.4, -0.2) is 57.7 Å². The van der Waals surface area contributed by atoms with Gasteiger partial charge in [0, 0.05) is 25.0 Å². The van der Waals surface area contributed by atoms with Gasteiger partial charge in [-0.25, -0.2) is 0 Å². The van der Waals surface area contributed by atoms with Crippen LogP contribution in [-0.2, 0) is 29.9 Å². The lowest BCUT2D eigenvalue weighted by atomic mass is 9.89. The number of nitro groups is 1. The molecule has 10 nitrogen and oxygen atoms in total. The molecule has 0 bridgehead atoms. The Hall–Kier alpha value is -3.80. The van der Waals surface area contributed by atoms with Gasteiger partial charge in [0.25, 0.3) is 0 Å². The summed E-state index contributed by atoms with van der Waals surface area (Å²) >= 11 is 0. The molecule has 0 spiro atoms. The lowest BCUT2D eigenvalue weighted by Crippen LogP contribution is -2.48. The molecule has 51 heavy (non-hydrogen) atoms. The number of benzene rings is 1. The van der Waals surface area contributed by atoms with Gasteiger partial charge in [-0.15, -0.1) is 6.58 Å². The van der Waals surface area contributed by atoms with Crippen molar-refractivity contribution in [1.29, 1.82) is 0 Å². The maximum Gasteiger partial charge on any atom is 0.315 e. The van der Waals surface area contributed by atoms with Crippen LogP contribution in [0, 0.1) is 21.4 Å². The summed E-state index contributed by atoms with van der Waals surface area (Å²) in [6.07, 6.45) is 11.9. The van der Waals surface area contributed by atoms with Crippen LogP contribution in [0.3, 0.4) is 0 Å². The summed E-state index contributed by atoms with van der Waals surface area (Å²) in [4.78, 5) is 37.6. The summed E-state index contributed by atoms with van der Waals surface area (Å²) in [6.45, 7) is 27.9. The second-order valence-corrected chi connectivity index (χ2v) is 20.0. The van der Waals surface area contributed by atoms with Gasteiger partial charge in [-0.1, -0.05) is 76.8 Å². The number of hydrogen-bond acceptors (Lipinski definition) is 9. The normalized spacial score (nSPS) is 15.3. The van der Waals surface area contributed by atoms with E-state index < -0.39 is 36.8 Å². The number of carbonyl (C=O) groups excluding carboxylic acids is 2. The zero-order valence-electron chi connectivity index (χ0n) is 32.9. The number of methoxy groups -OCH3 is 2. The smallest absolute Gasteiger partial charge is 0.315 e. The molecule has 1 aromatic rings. The minimum absolute atomic E-state index is 0.0838. The van der Waals surface area contributed by atoms with Gasteiger partial charge in [-0.2, -0.15) is 0 Å². The molecule has 0 aliphatic rings. The van der Waals surface area contributed by atoms with Gasteiger partial charge in [0.15, 0.2) is 8.32 Å². The van der Waals surface area contributed by atoms with E-state index in [-0.39, 0.29) is 46.6 Å². The second kappa shape index (κ2) is 20.3. The molecule has 11 heteroatoms. The van der Waals surface area contributed by atoms with E-state index in [9.17, 15) is 19.7 Å². The van der Waals surface area contributed by atoms with Gasteiger partial charge in [0.2, 0.25) is 5.75 Å². The number of hydrogen-bond donors (Lipinski definition) is 0. The van der Waals surface area contributed by atoms with Crippen molar-refractivity contribution in [3.63, 3.8) is 0 Å². The van der Waals surface area contributed by atoms with Crippen LogP contribution < -0.4 is 9.47 Å². The van der Waals surface area contributed by atoms with Crippen molar-refractivity contribution in [2.45, 2.75) is 118 Å². The molecule has 0 aromatic heterocycles. The maximum atomic E-state index is 13.1. The fraction of sp³-hybridized carbons (Fsp3) is 0.550. The number of esters is 2. The lowest BCUT2D eigenvalue weighted by molar-refractivity contribution is -0.385. The number of ether oxygens (including phenoxy) is 4. The third-order valence-electron chi connectivity index (χ3n) is 9.01. The summed E-state index contributed by atoms with van der Waals surface area (Å²) in [5.74, 6) is -1.07. The predicted molar refractivity (Wildman–Crippen MR) is 207 cm³/mol. The molecule has 0 radical (unpaired) electrons. The van der Waals surface area contributed by atoms with Crippen molar-refractivity contribution in [2.24, 2.45) is 11.3 Å². The van der Waals surface area contributed by atoms with Crippen LogP contribution >= 0.6 is 0 Å². The van der Waals surface area contributed by atoms with Crippen LogP contribution in [0.1, 0.15) is 80.2 Å². The fourth-order valence-corrected chi connectivity index (χ4v) is 6.19. The van der Waals surface area contributed by atoms with Gasteiger partial charge in [0.1, 0.15) is 11.9 Å². The minimum atomic E-state index is -2.31. The van der Waals surface area contributed by atoms with Crippen molar-refractivity contribution in [2.75, 3.05) is 14.2 Å². The van der Waals surface area contributed by atoms with Crippen molar-refractivity contribution < 1.29 is 37.9 Å². The number of carbonyl (C=O) groups is 2. The highest BCUT2D eigenvalue weighted by Gasteiger charge is 2.42. The number of nitro benzene ring substituents is 1. The molecule has 0 saturated carbocycles. The Morgan fingerprint density at radius 3 is 2.20 bits per heavy atom. The Morgan fingerprint density at radius 1 is 1.04 bits per heavy atom. The van der Waals surface area contributed by atoms with Crippen LogP contribution in [0.25, 0.3) is 0 Å². The van der Waals surface area contributed by atoms with E-state index in [4.69, 9.17) is 23.4 Å². The van der Waals surface area contributed by atoms with Crippen molar-refractivity contribution in [1.82, 2.24) is 0 Å². The van der Waals surface area contributed by atoms with Gasteiger partial charge < -0.3 is 23.4 Å². The standard InChI is InChI=1S/C40H61NO9Si/c1-15-17-18-19-24-31(46-11)27-35(42)49-37-30(25-32(47-12)26-33(37)41(44)45)23-20-22-28(3)36(50-51(13,14)40(8,9)10)29(4)34(21-16-2)48-38(43)39(5,6)7/h15-19,22,24-26,29,31,34,36H,1-2,20-21,23,27H2,3-14H3/b18-17+,24-19-,28-22+. The van der Waals surface area contributed by atoms with Gasteiger partial charge in [-0.3, -0.25) is 19.7 Å². The van der Waals surface area contributed by atoms with Gasteiger partial charge >= 0.3 is 17.6 Å². The Labute approximate surface area is 306 Å². The van der Waals surface area contributed by atoms with E-state index in [0.717, 1.165) is 5.57 Å². The summed E-state index contributed by atoms with van der Waals surface area (Å²) in [5.41, 5.74) is 0.321. The largest absolute Gasteiger partial charge is 0.496 e. The van der Waals surface area contributed by atoms with Gasteiger partial charge in [-0.05, 0) is 70.3 Å². The Kier molecular flexibility index (Phi) is 18.0. The predicted octanol–water partition coefficient (Wildman–Crippen LogP) is 9.65. The summed E-state index contributed by atoms with van der Waals surface area (Å²) in [7, 11) is 0.576. The van der Waals surface area contributed by atoms with Gasteiger partial charge in [0.05, 0.1) is 42.1 Å². The number of aryl methyl sites for hydroxylation is 1. The number of rotatable bonds is 20. The van der Waals surface area contributed by atoms with E-state index >= 15 is 0 Å². The second-order valence-electron chi connectivity index (χ2n) is 15.2. The van der Waals surface area contributed by atoms with E-state index in [0.29, 0.717) is 24.8 Å². The summed E-state index contributed by atoms with van der Waals surface area (Å²) in [6, 6.07) is 2.88. The average molecular weight is 728 g/mol. The van der Waals surface area contributed by atoms with Crippen molar-refractivity contribution in [3.8, 4) is 11.5 Å². The van der Waals surface area contributed by atoms with Crippen LogP contribution in [0.5, 0.6) is 11.5 Å². The number of allylic oxidation sites excluding steroid dienone is 5. The highest BCUT2D eigenvalue weighted by Crippen LogP contribution is 2.41. The zero-order chi connectivity index (χ0) is 39.2. The fourth-order valence-electron chi connectivity index (χ4n) is 4.81. The molecule has 0 fully saturated rings. The molecule has 0 N–H and O–H groups in total. The summed E-state index contributed by atoms with van der Waals surface area (Å²) in [5, 5.41) is 12.1. The third-order valence-corrected chi connectivity index (χ3v) is 13.5. The van der Waals surface area contributed by atoms with E-state index in [1.165, 1.54) is 20.3 Å². The molecule has 4 atom stereocenters. The molecule has 0 aliphatic carbocycles. The molecule has 0 saturated heterocycles. The molecule has 0 heterocycles. The zero-order valence-corrected chi connectivity index (χ0v) is 33.9. The molecule has 4 unspecified atom stereocenters. The molecule has 1 aromatic carbocycles. The summed E-state index contributed by atoms with van der Waals surface area (Å²) < 4.78 is 29.5. The topological polar surface area (TPSA) is 123 Å². The first-order valence-electron chi connectivity index (χ1n) is 17.3. The highest BCUT2D eigenvalue weighted by molar-refractivity contribution is 6.74. The Morgan fingerprint density at radius 2 is 1.69 bits per heavy atom. The van der Waals surface area contributed by atoms with E-state index in [1.807, 2.05) is 40.7 Å². The Balaban J connectivity index is 3.56. The molecular weight excluding hydrogens is 667 g/mol. The molecule has 0 aliphatic heterocycles.